The van der Waals surface area contributed by atoms with Gasteiger partial charge in [-0.15, -0.1) is 0 Å². The highest BCUT2D eigenvalue weighted by molar-refractivity contribution is 5.76. The van der Waals surface area contributed by atoms with Crippen molar-refractivity contribution in [3.8, 4) is 0 Å². The zero-order chi connectivity index (χ0) is 20.5. The molecule has 2 heterocycles. The van der Waals surface area contributed by atoms with Crippen LogP contribution < -0.4 is 5.32 Å². The maximum Gasteiger partial charge on any atom is 0.222 e. The van der Waals surface area contributed by atoms with Gasteiger partial charge in [-0.25, -0.2) is 4.39 Å². The first-order valence-electron chi connectivity index (χ1n) is 10.1. The summed E-state index contributed by atoms with van der Waals surface area (Å²) in [5, 5.41) is 2.88. The van der Waals surface area contributed by atoms with Gasteiger partial charge in [-0.05, 0) is 49.3 Å². The number of hydrogen-bond donors (Lipinski definition) is 1. The Kier molecular flexibility index (Phi) is 7.67. The van der Waals surface area contributed by atoms with Crippen molar-refractivity contribution in [2.45, 2.75) is 45.1 Å². The van der Waals surface area contributed by atoms with Gasteiger partial charge in [-0.1, -0.05) is 12.1 Å². The van der Waals surface area contributed by atoms with E-state index in [2.05, 4.69) is 15.3 Å². The van der Waals surface area contributed by atoms with E-state index in [1.807, 2.05) is 4.90 Å². The molecule has 1 fully saturated rings. The fourth-order valence-corrected chi connectivity index (χ4v) is 3.55. The summed E-state index contributed by atoms with van der Waals surface area (Å²) >= 11 is 0. The fourth-order valence-electron chi connectivity index (χ4n) is 3.55. The Morgan fingerprint density at radius 2 is 1.86 bits per heavy atom. The molecule has 6 nitrogen and oxygen atoms in total. The molecule has 3 rings (SSSR count). The van der Waals surface area contributed by atoms with E-state index in [-0.39, 0.29) is 17.6 Å². The summed E-state index contributed by atoms with van der Waals surface area (Å²) in [4.78, 5) is 34.6. The molecule has 2 aromatic rings. The highest BCUT2D eigenvalue weighted by atomic mass is 19.1. The molecule has 0 spiro atoms. The fraction of sp³-hybridized carbons (Fsp3) is 0.455. The summed E-state index contributed by atoms with van der Waals surface area (Å²) in [5.41, 5.74) is 1.72. The normalized spacial score (nSPS) is 14.6. The molecule has 1 aliphatic heterocycles. The van der Waals surface area contributed by atoms with Gasteiger partial charge in [-0.2, -0.15) is 0 Å². The zero-order valence-corrected chi connectivity index (χ0v) is 16.5. The highest BCUT2D eigenvalue weighted by Gasteiger charge is 2.23. The molecule has 0 saturated carbocycles. The number of aromatic nitrogens is 2. The molecule has 1 aromatic heterocycles. The van der Waals surface area contributed by atoms with Crippen molar-refractivity contribution in [3.05, 3.63) is 59.9 Å². The third-order valence-electron chi connectivity index (χ3n) is 5.36. The molecule has 0 bridgehead atoms. The van der Waals surface area contributed by atoms with E-state index < -0.39 is 0 Å². The monoisotopic (exact) mass is 398 g/mol. The van der Waals surface area contributed by atoms with Gasteiger partial charge in [0.1, 0.15) is 5.82 Å². The lowest BCUT2D eigenvalue weighted by molar-refractivity contribution is -0.132. The van der Waals surface area contributed by atoms with Gasteiger partial charge < -0.3 is 10.2 Å². The van der Waals surface area contributed by atoms with Crippen LogP contribution in [0.3, 0.4) is 0 Å². The zero-order valence-electron chi connectivity index (χ0n) is 16.5. The molecule has 1 aromatic carbocycles. The van der Waals surface area contributed by atoms with Crippen LogP contribution in [0.25, 0.3) is 0 Å². The van der Waals surface area contributed by atoms with Gasteiger partial charge >= 0.3 is 0 Å². The molecule has 1 saturated heterocycles. The van der Waals surface area contributed by atoms with Crippen LogP contribution in [-0.4, -0.2) is 39.8 Å². The largest absolute Gasteiger partial charge is 0.352 e. The molecule has 0 aliphatic carbocycles. The third kappa shape index (κ3) is 6.93. The number of carbonyl (C=O) groups excluding carboxylic acids is 2. The number of rotatable bonds is 8. The van der Waals surface area contributed by atoms with Crippen LogP contribution in [-0.2, 0) is 22.6 Å². The molecule has 29 heavy (non-hydrogen) atoms. The predicted molar refractivity (Wildman–Crippen MR) is 107 cm³/mol. The van der Waals surface area contributed by atoms with Crippen molar-refractivity contribution >= 4 is 11.8 Å². The lowest BCUT2D eigenvalue weighted by Crippen LogP contribution is -2.38. The van der Waals surface area contributed by atoms with Crippen molar-refractivity contribution in [1.82, 2.24) is 20.2 Å². The van der Waals surface area contributed by atoms with Gasteiger partial charge in [0.25, 0.3) is 0 Å². The van der Waals surface area contributed by atoms with Gasteiger partial charge in [0.2, 0.25) is 11.8 Å². The van der Waals surface area contributed by atoms with Crippen LogP contribution in [0.5, 0.6) is 0 Å². The summed E-state index contributed by atoms with van der Waals surface area (Å²) in [5.74, 6) is 0.359. The van der Waals surface area contributed by atoms with Crippen molar-refractivity contribution in [2.24, 2.45) is 5.92 Å². The molecule has 0 radical (unpaired) electrons. The van der Waals surface area contributed by atoms with Crippen molar-refractivity contribution in [1.29, 1.82) is 0 Å². The number of hydrogen-bond acceptors (Lipinski definition) is 4. The van der Waals surface area contributed by atoms with E-state index >= 15 is 0 Å². The second kappa shape index (κ2) is 10.6. The minimum Gasteiger partial charge on any atom is -0.352 e. The van der Waals surface area contributed by atoms with E-state index in [0.717, 1.165) is 43.6 Å². The lowest BCUT2D eigenvalue weighted by atomic mass is 9.92. The molecule has 154 valence electrons. The minimum absolute atomic E-state index is 0.0109. The number of likely N-dealkylation sites (tertiary alicyclic amines) is 1. The van der Waals surface area contributed by atoms with Gasteiger partial charge in [0.05, 0.1) is 5.69 Å². The van der Waals surface area contributed by atoms with Crippen molar-refractivity contribution in [3.63, 3.8) is 0 Å². The average molecular weight is 398 g/mol. The van der Waals surface area contributed by atoms with E-state index in [0.29, 0.717) is 31.7 Å². The van der Waals surface area contributed by atoms with Crippen LogP contribution in [0.4, 0.5) is 4.39 Å². The predicted octanol–water partition coefficient (Wildman–Crippen LogP) is 2.88. The summed E-state index contributed by atoms with van der Waals surface area (Å²) < 4.78 is 12.9. The molecular weight excluding hydrogens is 371 g/mol. The minimum atomic E-state index is -0.279. The van der Waals surface area contributed by atoms with Crippen LogP contribution in [0.2, 0.25) is 0 Å². The number of carbonyl (C=O) groups is 2. The molecule has 1 aliphatic rings. The Morgan fingerprint density at radius 1 is 1.10 bits per heavy atom. The van der Waals surface area contributed by atoms with Gasteiger partial charge in [0.15, 0.2) is 0 Å². The lowest BCUT2D eigenvalue weighted by Gasteiger charge is -2.32. The molecular formula is C22H27FN4O2. The number of halogens is 1. The Morgan fingerprint density at radius 3 is 2.55 bits per heavy atom. The van der Waals surface area contributed by atoms with Crippen LogP contribution in [0.15, 0.2) is 42.9 Å². The average Bonchev–Trinajstić information content (AvgIpc) is 2.76. The second-order valence-electron chi connectivity index (χ2n) is 7.46. The Balaban J connectivity index is 1.30. The smallest absolute Gasteiger partial charge is 0.222 e. The van der Waals surface area contributed by atoms with E-state index in [1.165, 1.54) is 12.1 Å². The van der Waals surface area contributed by atoms with E-state index in [1.54, 1.807) is 30.7 Å². The maximum absolute atomic E-state index is 12.9. The number of nitrogens with zero attached hydrogens (tertiary/aromatic N) is 3. The number of amides is 2. The van der Waals surface area contributed by atoms with Crippen LogP contribution >= 0.6 is 0 Å². The molecule has 7 heteroatoms. The van der Waals surface area contributed by atoms with E-state index in [9.17, 15) is 14.0 Å². The highest BCUT2D eigenvalue weighted by Crippen LogP contribution is 2.22. The number of nitrogens with one attached hydrogen (secondary N) is 1. The molecule has 1 N–H and O–H groups in total. The second-order valence-corrected chi connectivity index (χ2v) is 7.46. The maximum atomic E-state index is 12.9. The third-order valence-corrected chi connectivity index (χ3v) is 5.36. The number of benzene rings is 1. The standard InChI is InChI=1S/C22H27FN4O2/c23-19-4-1-18(2-5-19)15-26-21(28)7-3-17-9-13-27(14-10-17)22(29)8-6-20-16-24-11-12-25-20/h1-2,4-5,11-12,16-17H,3,6-10,13-15H2,(H,26,28). The van der Waals surface area contributed by atoms with Crippen molar-refractivity contribution < 1.29 is 14.0 Å². The Bertz CT molecular complexity index is 790. The summed E-state index contributed by atoms with van der Waals surface area (Å²) in [7, 11) is 0. The molecule has 0 atom stereocenters. The van der Waals surface area contributed by atoms with Crippen molar-refractivity contribution in [2.75, 3.05) is 13.1 Å². The Labute approximate surface area is 170 Å². The summed E-state index contributed by atoms with van der Waals surface area (Å²) in [6.07, 6.45) is 9.20. The molecule has 2 amide bonds. The summed E-state index contributed by atoms with van der Waals surface area (Å²) in [6, 6.07) is 6.13. The first-order chi connectivity index (χ1) is 14.1. The van der Waals surface area contributed by atoms with E-state index in [4.69, 9.17) is 0 Å². The molecule has 0 unspecified atom stereocenters. The van der Waals surface area contributed by atoms with Gasteiger partial charge in [-0.3, -0.25) is 19.6 Å². The number of aryl methyl sites for hydroxylation is 1. The quantitative estimate of drug-likeness (QED) is 0.742. The SMILES string of the molecule is O=C(CCC1CCN(C(=O)CCc2cnccn2)CC1)NCc1ccc(F)cc1. The summed E-state index contributed by atoms with van der Waals surface area (Å²) in [6.45, 7) is 1.92. The topological polar surface area (TPSA) is 75.2 Å². The number of piperidine rings is 1. The van der Waals surface area contributed by atoms with Crippen LogP contribution in [0.1, 0.15) is 43.4 Å². The first kappa shape index (κ1) is 20.9. The Hall–Kier alpha value is -2.83. The first-order valence-corrected chi connectivity index (χ1v) is 10.1. The van der Waals surface area contributed by atoms with Crippen LogP contribution in [0, 0.1) is 11.7 Å². The van der Waals surface area contributed by atoms with Gasteiger partial charge in [0, 0.05) is 51.1 Å².